The Kier molecular flexibility index (Phi) is 6.64. The molecule has 0 saturated heterocycles. The van der Waals surface area contributed by atoms with E-state index in [0.717, 1.165) is 24.8 Å². The molecule has 1 aromatic heterocycles. The molecule has 0 unspecified atom stereocenters. The second-order valence-corrected chi connectivity index (χ2v) is 10.6. The number of sulfonamides is 1. The van der Waals surface area contributed by atoms with Crippen LogP contribution in [0.1, 0.15) is 46.1 Å². The molecule has 32 heavy (non-hydrogen) atoms. The molecule has 2 aromatic carbocycles. The molecule has 0 saturated carbocycles. The maximum absolute atomic E-state index is 12.8. The first kappa shape index (κ1) is 22.5. The summed E-state index contributed by atoms with van der Waals surface area (Å²) in [6.45, 7) is 1.70. The summed E-state index contributed by atoms with van der Waals surface area (Å²) in [6, 6.07) is 13.0. The van der Waals surface area contributed by atoms with Gasteiger partial charge in [-0.3, -0.25) is 4.79 Å². The van der Waals surface area contributed by atoms with E-state index in [2.05, 4.69) is 15.2 Å². The minimum Gasteiger partial charge on any atom is -0.322 e. The summed E-state index contributed by atoms with van der Waals surface area (Å²) in [5, 5.41) is 9.37. The first-order valence-corrected chi connectivity index (χ1v) is 12.9. The lowest BCUT2D eigenvalue weighted by atomic mass is 9.95. The van der Waals surface area contributed by atoms with Crippen LogP contribution in [0.3, 0.4) is 0 Å². The summed E-state index contributed by atoms with van der Waals surface area (Å²) in [6.07, 6.45) is 4.28. The number of nitrogens with one attached hydrogen (secondary N) is 2. The quantitative estimate of drug-likeness (QED) is 0.368. The molecule has 3 aromatic rings. The summed E-state index contributed by atoms with van der Waals surface area (Å²) < 4.78 is 24.8. The lowest BCUT2D eigenvalue weighted by Gasteiger charge is -2.13. The van der Waals surface area contributed by atoms with Crippen LogP contribution in [0.5, 0.6) is 0 Å². The van der Waals surface area contributed by atoms with Gasteiger partial charge in [0.05, 0.1) is 16.2 Å². The maximum Gasteiger partial charge on any atom is 0.276 e. The average Bonchev–Trinajstić information content (AvgIpc) is 3.22. The fourth-order valence-corrected chi connectivity index (χ4v) is 5.67. The van der Waals surface area contributed by atoms with Gasteiger partial charge in [0, 0.05) is 21.0 Å². The van der Waals surface area contributed by atoms with E-state index in [0.29, 0.717) is 22.0 Å². The Bertz CT molecular complexity index is 1280. The molecule has 1 aliphatic rings. The third-order valence-corrected chi connectivity index (χ3v) is 7.87. The van der Waals surface area contributed by atoms with Crippen LogP contribution in [-0.4, -0.2) is 20.0 Å². The molecule has 1 heterocycles. The number of aryl methyl sites for hydroxylation is 1. The Balaban J connectivity index is 1.48. The Morgan fingerprint density at radius 2 is 1.84 bits per heavy atom. The van der Waals surface area contributed by atoms with Crippen LogP contribution in [0.25, 0.3) is 0 Å². The highest BCUT2D eigenvalue weighted by molar-refractivity contribution is 7.89. The molecule has 6 nitrogen and oxygen atoms in total. The molecule has 1 aliphatic carbocycles. The van der Waals surface area contributed by atoms with Gasteiger partial charge in [-0.2, -0.15) is 18.4 Å². The topological polar surface area (TPSA) is 87.6 Å². The lowest BCUT2D eigenvalue weighted by Crippen LogP contribution is -2.20. The standard InChI is InChI=1S/C23H22ClN3O3S2/c1-15(26-27-32(29,30)19-11-9-17(24)10-12-19)16-5-4-6-18(13-16)25-23(28)21-14-31-22-8-3-2-7-20(21)22/h4-6,9-14,27H,2-3,7-8H2,1H3,(H,25,28)/b26-15-. The van der Waals surface area contributed by atoms with Gasteiger partial charge in [0.1, 0.15) is 0 Å². The third-order valence-electron chi connectivity index (χ3n) is 5.30. The van der Waals surface area contributed by atoms with Gasteiger partial charge in [-0.05, 0) is 80.1 Å². The van der Waals surface area contributed by atoms with Crippen LogP contribution >= 0.6 is 22.9 Å². The number of rotatable bonds is 6. The number of carbonyl (C=O) groups excluding carboxylic acids is 1. The SMILES string of the molecule is C/C(=N/NS(=O)(=O)c1ccc(Cl)cc1)c1cccc(NC(=O)c2csc3c2CCCC3)c1. The predicted octanol–water partition coefficient (Wildman–Crippen LogP) is 5.24. The van der Waals surface area contributed by atoms with Crippen LogP contribution in [0.4, 0.5) is 5.69 Å². The summed E-state index contributed by atoms with van der Waals surface area (Å²) in [5.41, 5.74) is 3.69. The van der Waals surface area contributed by atoms with E-state index in [1.54, 1.807) is 42.5 Å². The number of amides is 1. The largest absolute Gasteiger partial charge is 0.322 e. The molecule has 0 atom stereocenters. The molecular formula is C23H22ClN3O3S2. The number of hydrogen-bond acceptors (Lipinski definition) is 5. The van der Waals surface area contributed by atoms with E-state index in [1.807, 2.05) is 5.38 Å². The molecule has 2 N–H and O–H groups in total. The molecule has 0 aliphatic heterocycles. The smallest absolute Gasteiger partial charge is 0.276 e. The lowest BCUT2D eigenvalue weighted by molar-refractivity contribution is 0.102. The molecule has 0 bridgehead atoms. The van der Waals surface area contributed by atoms with Crippen molar-refractivity contribution in [3.8, 4) is 0 Å². The summed E-state index contributed by atoms with van der Waals surface area (Å²) >= 11 is 7.47. The van der Waals surface area contributed by atoms with Gasteiger partial charge in [-0.25, -0.2) is 0 Å². The number of hydrogen-bond donors (Lipinski definition) is 2. The van der Waals surface area contributed by atoms with Crippen LogP contribution < -0.4 is 10.1 Å². The van der Waals surface area contributed by atoms with Crippen molar-refractivity contribution in [1.82, 2.24) is 4.83 Å². The van der Waals surface area contributed by atoms with Gasteiger partial charge in [0.2, 0.25) is 0 Å². The Labute approximate surface area is 196 Å². The van der Waals surface area contributed by atoms with Crippen LogP contribution in [0.2, 0.25) is 5.02 Å². The molecular weight excluding hydrogens is 466 g/mol. The number of nitrogens with zero attached hydrogens (tertiary/aromatic N) is 1. The van der Waals surface area contributed by atoms with Crippen molar-refractivity contribution in [1.29, 1.82) is 0 Å². The number of halogens is 1. The number of thiophene rings is 1. The molecule has 0 fully saturated rings. The van der Waals surface area contributed by atoms with Gasteiger partial charge in [0.15, 0.2) is 0 Å². The maximum atomic E-state index is 12.8. The van der Waals surface area contributed by atoms with Crippen molar-refractivity contribution in [2.24, 2.45) is 5.10 Å². The number of carbonyl (C=O) groups is 1. The van der Waals surface area contributed by atoms with Crippen molar-refractivity contribution in [2.75, 3.05) is 5.32 Å². The average molecular weight is 488 g/mol. The number of benzene rings is 2. The Hall–Kier alpha value is -2.68. The van der Waals surface area contributed by atoms with Gasteiger partial charge in [-0.15, -0.1) is 11.3 Å². The van der Waals surface area contributed by atoms with E-state index in [-0.39, 0.29) is 10.8 Å². The van der Waals surface area contributed by atoms with Crippen LogP contribution in [-0.2, 0) is 22.9 Å². The molecule has 4 rings (SSSR count). The number of fused-ring (bicyclic) bond motifs is 1. The highest BCUT2D eigenvalue weighted by Crippen LogP contribution is 2.30. The number of anilines is 1. The van der Waals surface area contributed by atoms with Crippen molar-refractivity contribution in [3.05, 3.63) is 80.5 Å². The minimum atomic E-state index is -3.81. The molecule has 0 radical (unpaired) electrons. The predicted molar refractivity (Wildman–Crippen MR) is 129 cm³/mol. The van der Waals surface area contributed by atoms with Gasteiger partial charge in [0.25, 0.3) is 15.9 Å². The van der Waals surface area contributed by atoms with E-state index in [4.69, 9.17) is 11.6 Å². The van der Waals surface area contributed by atoms with Crippen LogP contribution in [0, 0.1) is 0 Å². The summed E-state index contributed by atoms with van der Waals surface area (Å²) in [7, 11) is -3.81. The van der Waals surface area contributed by atoms with Gasteiger partial charge >= 0.3 is 0 Å². The highest BCUT2D eigenvalue weighted by atomic mass is 35.5. The monoisotopic (exact) mass is 487 g/mol. The summed E-state index contributed by atoms with van der Waals surface area (Å²) in [5.74, 6) is -0.125. The Morgan fingerprint density at radius 3 is 2.62 bits per heavy atom. The molecule has 1 amide bonds. The van der Waals surface area contributed by atoms with E-state index >= 15 is 0 Å². The van der Waals surface area contributed by atoms with Crippen molar-refractivity contribution < 1.29 is 13.2 Å². The van der Waals surface area contributed by atoms with E-state index in [9.17, 15) is 13.2 Å². The van der Waals surface area contributed by atoms with Gasteiger partial charge < -0.3 is 5.32 Å². The summed E-state index contributed by atoms with van der Waals surface area (Å²) in [4.78, 5) is 16.5. The van der Waals surface area contributed by atoms with Crippen LogP contribution in [0.15, 0.2) is 63.9 Å². The molecule has 0 spiro atoms. The third kappa shape index (κ3) is 5.03. The fraction of sp³-hybridized carbons (Fsp3) is 0.217. The fourth-order valence-electron chi connectivity index (χ4n) is 3.56. The molecule has 166 valence electrons. The normalized spacial score (nSPS) is 14.0. The second-order valence-electron chi connectivity index (χ2n) is 7.54. The first-order valence-electron chi connectivity index (χ1n) is 10.2. The van der Waals surface area contributed by atoms with Crippen molar-refractivity contribution >= 4 is 50.3 Å². The zero-order valence-electron chi connectivity index (χ0n) is 17.4. The highest BCUT2D eigenvalue weighted by Gasteiger charge is 2.20. The van der Waals surface area contributed by atoms with E-state index < -0.39 is 10.0 Å². The van der Waals surface area contributed by atoms with Gasteiger partial charge in [-0.1, -0.05) is 23.7 Å². The zero-order valence-corrected chi connectivity index (χ0v) is 19.8. The van der Waals surface area contributed by atoms with Crippen molar-refractivity contribution in [2.45, 2.75) is 37.5 Å². The molecule has 9 heteroatoms. The second kappa shape index (κ2) is 9.44. The van der Waals surface area contributed by atoms with Crippen molar-refractivity contribution in [3.63, 3.8) is 0 Å². The number of hydrazone groups is 1. The zero-order chi connectivity index (χ0) is 22.7. The first-order chi connectivity index (χ1) is 15.3. The van der Waals surface area contributed by atoms with E-state index in [1.165, 1.54) is 41.1 Å². The Morgan fingerprint density at radius 1 is 1.09 bits per heavy atom. The minimum absolute atomic E-state index is 0.0681.